The van der Waals surface area contributed by atoms with Gasteiger partial charge in [0, 0.05) is 64.0 Å². The maximum atomic E-state index is 13.7. The van der Waals surface area contributed by atoms with Gasteiger partial charge in [0.25, 0.3) is 0 Å². The van der Waals surface area contributed by atoms with Crippen molar-refractivity contribution in [3.05, 3.63) is 65.7 Å². The first-order valence-corrected chi connectivity index (χ1v) is 10.0. The number of carbonyl (C=O) groups excluding carboxylic acids is 1. The summed E-state index contributed by atoms with van der Waals surface area (Å²) in [6.07, 6.45) is 0.334. The van der Waals surface area contributed by atoms with Gasteiger partial charge in [-0.15, -0.1) is 24.0 Å². The van der Waals surface area contributed by atoms with Crippen molar-refractivity contribution >= 4 is 41.5 Å². The SMILES string of the molecule is CN=C(NCCC(=O)N1CCN(c2ccccc2)CC1)NCc1cc(F)ccc1F.I. The van der Waals surface area contributed by atoms with E-state index in [1.807, 2.05) is 23.1 Å². The molecule has 168 valence electrons. The molecule has 1 aliphatic heterocycles. The van der Waals surface area contributed by atoms with Crippen molar-refractivity contribution in [2.75, 3.05) is 44.7 Å². The van der Waals surface area contributed by atoms with Gasteiger partial charge in [-0.05, 0) is 30.3 Å². The zero-order valence-corrected chi connectivity index (χ0v) is 19.8. The minimum absolute atomic E-state index is 0. The van der Waals surface area contributed by atoms with Gasteiger partial charge in [0.1, 0.15) is 11.6 Å². The Balaban J connectivity index is 0.00000341. The van der Waals surface area contributed by atoms with Gasteiger partial charge < -0.3 is 20.4 Å². The monoisotopic (exact) mass is 543 g/mol. The summed E-state index contributed by atoms with van der Waals surface area (Å²) in [5, 5.41) is 5.97. The lowest BCUT2D eigenvalue weighted by Crippen LogP contribution is -2.49. The second-order valence-corrected chi connectivity index (χ2v) is 7.04. The fourth-order valence-corrected chi connectivity index (χ4v) is 3.38. The summed E-state index contributed by atoms with van der Waals surface area (Å²) >= 11 is 0. The molecule has 2 aromatic rings. The number of carbonyl (C=O) groups is 1. The highest BCUT2D eigenvalue weighted by molar-refractivity contribution is 14.0. The predicted molar refractivity (Wildman–Crippen MR) is 130 cm³/mol. The lowest BCUT2D eigenvalue weighted by Gasteiger charge is -2.36. The van der Waals surface area contributed by atoms with Crippen LogP contribution in [0.5, 0.6) is 0 Å². The number of nitrogens with zero attached hydrogens (tertiary/aromatic N) is 3. The van der Waals surface area contributed by atoms with Crippen LogP contribution in [0, 0.1) is 11.6 Å². The molecule has 9 heteroatoms. The van der Waals surface area contributed by atoms with Gasteiger partial charge >= 0.3 is 0 Å². The topological polar surface area (TPSA) is 60.0 Å². The van der Waals surface area contributed by atoms with Gasteiger partial charge in [-0.3, -0.25) is 9.79 Å². The van der Waals surface area contributed by atoms with Gasteiger partial charge in [-0.2, -0.15) is 0 Å². The smallest absolute Gasteiger partial charge is 0.224 e. The van der Waals surface area contributed by atoms with Crippen molar-refractivity contribution in [3.8, 4) is 0 Å². The number of piperazine rings is 1. The summed E-state index contributed by atoms with van der Waals surface area (Å²) in [7, 11) is 1.59. The highest BCUT2D eigenvalue weighted by atomic mass is 127. The molecule has 0 atom stereocenters. The zero-order valence-electron chi connectivity index (χ0n) is 17.5. The Kier molecular flexibility index (Phi) is 9.96. The third-order valence-corrected chi connectivity index (χ3v) is 5.06. The molecule has 1 heterocycles. The third-order valence-electron chi connectivity index (χ3n) is 5.06. The molecule has 1 saturated heterocycles. The number of benzene rings is 2. The lowest BCUT2D eigenvalue weighted by molar-refractivity contribution is -0.131. The van der Waals surface area contributed by atoms with Crippen LogP contribution in [0.2, 0.25) is 0 Å². The molecule has 2 N–H and O–H groups in total. The van der Waals surface area contributed by atoms with E-state index in [2.05, 4.69) is 32.7 Å². The van der Waals surface area contributed by atoms with E-state index in [4.69, 9.17) is 0 Å². The maximum Gasteiger partial charge on any atom is 0.224 e. The largest absolute Gasteiger partial charge is 0.368 e. The molecule has 1 amide bonds. The molecule has 0 aliphatic carbocycles. The first-order chi connectivity index (χ1) is 14.6. The molecule has 0 unspecified atom stereocenters. The van der Waals surface area contributed by atoms with E-state index < -0.39 is 11.6 Å². The zero-order chi connectivity index (χ0) is 21.3. The van der Waals surface area contributed by atoms with Gasteiger partial charge in [-0.25, -0.2) is 8.78 Å². The molecular formula is C22H28F2IN5O. The van der Waals surface area contributed by atoms with Gasteiger partial charge in [0.15, 0.2) is 5.96 Å². The number of anilines is 1. The Labute approximate surface area is 198 Å². The van der Waals surface area contributed by atoms with Crippen molar-refractivity contribution in [3.63, 3.8) is 0 Å². The van der Waals surface area contributed by atoms with Crippen LogP contribution >= 0.6 is 24.0 Å². The van der Waals surface area contributed by atoms with Crippen LogP contribution in [0.1, 0.15) is 12.0 Å². The number of nitrogens with one attached hydrogen (secondary N) is 2. The molecule has 2 aromatic carbocycles. The molecule has 1 aliphatic rings. The highest BCUT2D eigenvalue weighted by Gasteiger charge is 2.20. The van der Waals surface area contributed by atoms with Crippen molar-refractivity contribution < 1.29 is 13.6 Å². The van der Waals surface area contributed by atoms with Crippen LogP contribution in [-0.4, -0.2) is 56.5 Å². The minimum atomic E-state index is -0.492. The summed E-state index contributed by atoms with van der Waals surface area (Å²) in [4.78, 5) is 20.7. The Bertz CT molecular complexity index is 873. The van der Waals surface area contributed by atoms with E-state index in [0.717, 1.165) is 31.3 Å². The average molecular weight is 543 g/mol. The molecular weight excluding hydrogens is 515 g/mol. The van der Waals surface area contributed by atoms with Crippen molar-refractivity contribution in [2.24, 2.45) is 4.99 Å². The molecule has 3 rings (SSSR count). The molecule has 0 radical (unpaired) electrons. The number of amides is 1. The summed E-state index contributed by atoms with van der Waals surface area (Å²) in [5.41, 5.74) is 1.39. The van der Waals surface area contributed by atoms with E-state index in [1.165, 1.54) is 5.69 Å². The maximum absolute atomic E-state index is 13.7. The summed E-state index contributed by atoms with van der Waals surface area (Å²) < 4.78 is 27.0. The first kappa shape index (κ1) is 24.8. The third kappa shape index (κ3) is 7.34. The van der Waals surface area contributed by atoms with Crippen LogP contribution < -0.4 is 15.5 Å². The molecule has 0 bridgehead atoms. The Morgan fingerprint density at radius 1 is 1.03 bits per heavy atom. The van der Waals surface area contributed by atoms with Gasteiger partial charge in [-0.1, -0.05) is 18.2 Å². The molecule has 1 fully saturated rings. The Hall–Kier alpha value is -2.43. The van der Waals surface area contributed by atoms with Crippen LogP contribution in [0.15, 0.2) is 53.5 Å². The Morgan fingerprint density at radius 2 is 1.74 bits per heavy atom. The second kappa shape index (κ2) is 12.4. The highest BCUT2D eigenvalue weighted by Crippen LogP contribution is 2.15. The number of hydrogen-bond donors (Lipinski definition) is 2. The normalized spacial score (nSPS) is 14.1. The van der Waals surface area contributed by atoms with E-state index in [9.17, 15) is 13.6 Å². The number of rotatable bonds is 6. The van der Waals surface area contributed by atoms with E-state index >= 15 is 0 Å². The molecule has 0 saturated carbocycles. The van der Waals surface area contributed by atoms with Crippen molar-refractivity contribution in [1.29, 1.82) is 0 Å². The number of halogens is 3. The summed E-state index contributed by atoms with van der Waals surface area (Å²) in [6, 6.07) is 13.5. The second-order valence-electron chi connectivity index (χ2n) is 7.04. The standard InChI is InChI=1S/C22H27F2N5O.HI/c1-25-22(27-16-17-15-18(23)7-8-20(17)24)26-10-9-21(30)29-13-11-28(12-14-29)19-5-3-2-4-6-19;/h2-8,15H,9-14,16H2,1H3,(H2,25,26,27);1H. The fraction of sp³-hybridized carbons (Fsp3) is 0.364. The predicted octanol–water partition coefficient (Wildman–Crippen LogP) is 2.99. The number of aliphatic imine (C=N–C) groups is 1. The lowest BCUT2D eigenvalue weighted by atomic mass is 10.2. The van der Waals surface area contributed by atoms with Crippen LogP contribution in [0.3, 0.4) is 0 Å². The molecule has 0 spiro atoms. The number of hydrogen-bond acceptors (Lipinski definition) is 3. The average Bonchev–Trinajstić information content (AvgIpc) is 2.78. The van der Waals surface area contributed by atoms with E-state index in [-0.39, 0.29) is 42.0 Å². The number of guanidine groups is 1. The minimum Gasteiger partial charge on any atom is -0.368 e. The fourth-order valence-electron chi connectivity index (χ4n) is 3.38. The van der Waals surface area contributed by atoms with Crippen LogP contribution in [-0.2, 0) is 11.3 Å². The van der Waals surface area contributed by atoms with E-state index in [1.54, 1.807) is 7.05 Å². The molecule has 6 nitrogen and oxygen atoms in total. The first-order valence-electron chi connectivity index (χ1n) is 10.0. The number of para-hydroxylation sites is 1. The van der Waals surface area contributed by atoms with Crippen molar-refractivity contribution in [2.45, 2.75) is 13.0 Å². The van der Waals surface area contributed by atoms with Crippen molar-refractivity contribution in [1.82, 2.24) is 15.5 Å². The molecule has 0 aromatic heterocycles. The Morgan fingerprint density at radius 3 is 2.42 bits per heavy atom. The van der Waals surface area contributed by atoms with Crippen LogP contribution in [0.25, 0.3) is 0 Å². The molecule has 31 heavy (non-hydrogen) atoms. The summed E-state index contributed by atoms with van der Waals surface area (Å²) in [5.74, 6) is -0.458. The summed E-state index contributed by atoms with van der Waals surface area (Å²) in [6.45, 7) is 3.51. The van der Waals surface area contributed by atoms with Crippen LogP contribution in [0.4, 0.5) is 14.5 Å². The van der Waals surface area contributed by atoms with Gasteiger partial charge in [0.2, 0.25) is 5.91 Å². The van der Waals surface area contributed by atoms with E-state index in [0.29, 0.717) is 32.0 Å². The quantitative estimate of drug-likeness (QED) is 0.334. The van der Waals surface area contributed by atoms with Gasteiger partial charge in [0.05, 0.1) is 0 Å².